The largest absolute Gasteiger partial charge is 0.497 e. The fourth-order valence-corrected chi connectivity index (χ4v) is 2.31. The standard InChI is InChI=1S/C19H18F3NO3/c1-25-15-10-8-13(16(12-15)26-2)9-11-17(24)23-18(19(20,21)22)14-6-4-3-5-7-14/h3-12,18H,1-2H3,(H,23,24)/b11-9-/t18-/m0/s1. The maximum Gasteiger partial charge on any atom is 0.412 e. The molecule has 0 saturated heterocycles. The quantitative estimate of drug-likeness (QED) is 0.783. The minimum Gasteiger partial charge on any atom is -0.497 e. The van der Waals surface area contributed by atoms with Crippen LogP contribution in [0.25, 0.3) is 6.08 Å². The second kappa shape index (κ2) is 8.42. The fraction of sp³-hybridized carbons (Fsp3) is 0.211. The molecule has 1 atom stereocenters. The summed E-state index contributed by atoms with van der Waals surface area (Å²) in [6, 6.07) is 10.0. The van der Waals surface area contributed by atoms with Crippen LogP contribution in [0.1, 0.15) is 17.2 Å². The van der Waals surface area contributed by atoms with E-state index in [1.807, 2.05) is 5.32 Å². The molecule has 0 aliphatic rings. The lowest BCUT2D eigenvalue weighted by Gasteiger charge is -2.21. The van der Waals surface area contributed by atoms with Gasteiger partial charge in [0.25, 0.3) is 0 Å². The first-order chi connectivity index (χ1) is 12.3. The van der Waals surface area contributed by atoms with Crippen molar-refractivity contribution in [3.05, 3.63) is 65.7 Å². The van der Waals surface area contributed by atoms with Gasteiger partial charge in [0.05, 0.1) is 14.2 Å². The first-order valence-electron chi connectivity index (χ1n) is 7.67. The highest BCUT2D eigenvalue weighted by Gasteiger charge is 2.41. The number of carbonyl (C=O) groups is 1. The van der Waals surface area contributed by atoms with Gasteiger partial charge in [-0.2, -0.15) is 13.2 Å². The van der Waals surface area contributed by atoms with Crippen LogP contribution < -0.4 is 14.8 Å². The second-order valence-electron chi connectivity index (χ2n) is 5.34. The van der Waals surface area contributed by atoms with Crippen molar-refractivity contribution in [2.24, 2.45) is 0 Å². The molecule has 0 unspecified atom stereocenters. The topological polar surface area (TPSA) is 47.6 Å². The van der Waals surface area contributed by atoms with Crippen LogP contribution >= 0.6 is 0 Å². The minimum atomic E-state index is -4.61. The van der Waals surface area contributed by atoms with Crippen LogP contribution in [-0.4, -0.2) is 26.3 Å². The Morgan fingerprint density at radius 1 is 1.08 bits per heavy atom. The third kappa shape index (κ3) is 5.02. The Kier molecular flexibility index (Phi) is 6.27. The summed E-state index contributed by atoms with van der Waals surface area (Å²) in [5.41, 5.74) is 0.496. The van der Waals surface area contributed by atoms with E-state index < -0.39 is 18.1 Å². The van der Waals surface area contributed by atoms with E-state index in [0.717, 1.165) is 6.08 Å². The van der Waals surface area contributed by atoms with Gasteiger partial charge in [0.1, 0.15) is 11.5 Å². The Bertz CT molecular complexity index is 773. The van der Waals surface area contributed by atoms with Crippen LogP contribution in [0.3, 0.4) is 0 Å². The number of carbonyl (C=O) groups excluding carboxylic acids is 1. The molecule has 138 valence electrons. The number of ether oxygens (including phenoxy) is 2. The molecule has 0 aliphatic heterocycles. The van der Waals surface area contributed by atoms with E-state index in [0.29, 0.717) is 17.1 Å². The monoisotopic (exact) mass is 365 g/mol. The Morgan fingerprint density at radius 2 is 1.77 bits per heavy atom. The van der Waals surface area contributed by atoms with Gasteiger partial charge < -0.3 is 14.8 Å². The average molecular weight is 365 g/mol. The maximum absolute atomic E-state index is 13.3. The summed E-state index contributed by atoms with van der Waals surface area (Å²) in [6.07, 6.45) is -2.19. The number of rotatable bonds is 6. The molecule has 0 spiro atoms. The molecule has 26 heavy (non-hydrogen) atoms. The molecule has 0 heterocycles. The zero-order chi connectivity index (χ0) is 19.2. The van der Waals surface area contributed by atoms with Crippen molar-refractivity contribution in [3.8, 4) is 11.5 Å². The Labute approximate surface area is 149 Å². The lowest BCUT2D eigenvalue weighted by Crippen LogP contribution is -2.37. The normalized spacial score (nSPS) is 12.7. The van der Waals surface area contributed by atoms with Crippen molar-refractivity contribution >= 4 is 12.0 Å². The van der Waals surface area contributed by atoms with E-state index in [1.165, 1.54) is 44.6 Å². The molecule has 1 N–H and O–H groups in total. The van der Waals surface area contributed by atoms with E-state index in [4.69, 9.17) is 9.47 Å². The van der Waals surface area contributed by atoms with Crippen molar-refractivity contribution in [2.45, 2.75) is 12.2 Å². The predicted molar refractivity (Wildman–Crippen MR) is 92.0 cm³/mol. The summed E-state index contributed by atoms with van der Waals surface area (Å²) >= 11 is 0. The SMILES string of the molecule is COc1ccc(/C=C\C(=O)N[C@@H](c2ccccc2)C(F)(F)F)c(OC)c1. The number of nitrogens with one attached hydrogen (secondary N) is 1. The summed E-state index contributed by atoms with van der Waals surface area (Å²) in [6.45, 7) is 0. The molecule has 2 rings (SSSR count). The first kappa shape index (κ1) is 19.4. The van der Waals surface area contributed by atoms with E-state index in [-0.39, 0.29) is 5.56 Å². The van der Waals surface area contributed by atoms with E-state index in [2.05, 4.69) is 0 Å². The summed E-state index contributed by atoms with van der Waals surface area (Å²) in [5, 5.41) is 1.99. The van der Waals surface area contributed by atoms with Gasteiger partial charge in [0.15, 0.2) is 6.04 Å². The number of hydrogen-bond donors (Lipinski definition) is 1. The van der Waals surface area contributed by atoms with Gasteiger partial charge >= 0.3 is 6.18 Å². The highest BCUT2D eigenvalue weighted by atomic mass is 19.4. The summed E-state index contributed by atoms with van der Waals surface area (Å²) in [5.74, 6) is 0.127. The summed E-state index contributed by atoms with van der Waals surface area (Å²) < 4.78 is 50.0. The zero-order valence-corrected chi connectivity index (χ0v) is 14.2. The molecule has 0 bridgehead atoms. The molecule has 2 aromatic rings. The molecule has 0 aromatic heterocycles. The van der Waals surface area contributed by atoms with Crippen molar-refractivity contribution in [1.29, 1.82) is 0 Å². The van der Waals surface area contributed by atoms with Crippen LogP contribution in [0.2, 0.25) is 0 Å². The van der Waals surface area contributed by atoms with Crippen LogP contribution in [0.5, 0.6) is 11.5 Å². The number of amides is 1. The molecule has 0 aliphatic carbocycles. The number of alkyl halides is 3. The van der Waals surface area contributed by atoms with Gasteiger partial charge in [-0.25, -0.2) is 0 Å². The fourth-order valence-electron chi connectivity index (χ4n) is 2.31. The molecule has 7 heteroatoms. The number of hydrogen-bond acceptors (Lipinski definition) is 3. The molecule has 0 fully saturated rings. The Morgan fingerprint density at radius 3 is 2.35 bits per heavy atom. The van der Waals surface area contributed by atoms with Gasteiger partial charge in [0.2, 0.25) is 5.91 Å². The smallest absolute Gasteiger partial charge is 0.412 e. The highest BCUT2D eigenvalue weighted by Crippen LogP contribution is 2.32. The van der Waals surface area contributed by atoms with Crippen molar-refractivity contribution in [3.63, 3.8) is 0 Å². The van der Waals surface area contributed by atoms with Gasteiger partial charge in [0, 0.05) is 17.7 Å². The van der Waals surface area contributed by atoms with Gasteiger partial charge in [-0.05, 0) is 23.8 Å². The van der Waals surface area contributed by atoms with Crippen LogP contribution in [-0.2, 0) is 4.79 Å². The molecule has 0 radical (unpaired) electrons. The van der Waals surface area contributed by atoms with Gasteiger partial charge in [-0.15, -0.1) is 0 Å². The third-order valence-corrected chi connectivity index (χ3v) is 3.60. The van der Waals surface area contributed by atoms with E-state index in [9.17, 15) is 18.0 Å². The van der Waals surface area contributed by atoms with Gasteiger partial charge in [-0.3, -0.25) is 4.79 Å². The zero-order valence-electron chi connectivity index (χ0n) is 14.2. The molecule has 2 aromatic carbocycles. The van der Waals surface area contributed by atoms with Crippen LogP contribution in [0, 0.1) is 0 Å². The molecular weight excluding hydrogens is 347 g/mol. The Balaban J connectivity index is 2.17. The Hall–Kier alpha value is -2.96. The lowest BCUT2D eigenvalue weighted by molar-refractivity contribution is -0.162. The summed E-state index contributed by atoms with van der Waals surface area (Å²) in [7, 11) is 2.94. The molecule has 1 amide bonds. The predicted octanol–water partition coefficient (Wildman–Crippen LogP) is 4.14. The van der Waals surface area contributed by atoms with E-state index >= 15 is 0 Å². The molecule has 0 saturated carbocycles. The van der Waals surface area contributed by atoms with Gasteiger partial charge in [-0.1, -0.05) is 30.3 Å². The second-order valence-corrected chi connectivity index (χ2v) is 5.34. The number of halogens is 3. The van der Waals surface area contributed by atoms with Crippen molar-refractivity contribution in [2.75, 3.05) is 14.2 Å². The number of benzene rings is 2. The highest BCUT2D eigenvalue weighted by molar-refractivity contribution is 5.92. The van der Waals surface area contributed by atoms with Crippen molar-refractivity contribution < 1.29 is 27.4 Å². The average Bonchev–Trinajstić information content (AvgIpc) is 2.64. The van der Waals surface area contributed by atoms with Crippen LogP contribution in [0.15, 0.2) is 54.6 Å². The third-order valence-electron chi connectivity index (χ3n) is 3.60. The maximum atomic E-state index is 13.3. The van der Waals surface area contributed by atoms with Crippen LogP contribution in [0.4, 0.5) is 13.2 Å². The van der Waals surface area contributed by atoms with Crippen molar-refractivity contribution in [1.82, 2.24) is 5.32 Å². The first-order valence-corrected chi connectivity index (χ1v) is 7.67. The lowest BCUT2D eigenvalue weighted by atomic mass is 10.1. The number of methoxy groups -OCH3 is 2. The van der Waals surface area contributed by atoms with E-state index in [1.54, 1.807) is 24.3 Å². The molecular formula is C19H18F3NO3. The summed E-state index contributed by atoms with van der Waals surface area (Å²) in [4.78, 5) is 12.0. The minimum absolute atomic E-state index is 0.0382. The molecule has 4 nitrogen and oxygen atoms in total.